The zero-order valence-electron chi connectivity index (χ0n) is 48.4. The van der Waals surface area contributed by atoms with E-state index in [-0.39, 0.29) is 87.5 Å². The van der Waals surface area contributed by atoms with Crippen molar-refractivity contribution in [1.29, 1.82) is 0 Å². The maximum absolute atomic E-state index is 14.1. The van der Waals surface area contributed by atoms with E-state index in [1.54, 1.807) is 70.2 Å². The lowest BCUT2D eigenvalue weighted by molar-refractivity contribution is -0.142. The summed E-state index contributed by atoms with van der Waals surface area (Å²) >= 11 is 0. The van der Waals surface area contributed by atoms with Gasteiger partial charge in [0.1, 0.15) is 60.1 Å². The number of phenols is 1. The van der Waals surface area contributed by atoms with E-state index in [0.717, 1.165) is 0 Å². The fraction of sp³-hybridized carbons (Fsp3) is 0.589. The minimum atomic E-state index is -1.69. The number of aliphatic hydroxyl groups is 2. The number of aliphatic imine (C=N–C) groups is 1. The van der Waals surface area contributed by atoms with Gasteiger partial charge in [-0.2, -0.15) is 0 Å². The summed E-state index contributed by atoms with van der Waals surface area (Å²) in [5.41, 5.74) is 18.6. The van der Waals surface area contributed by atoms with Gasteiger partial charge in [-0.1, -0.05) is 84.0 Å². The van der Waals surface area contributed by atoms with Crippen molar-refractivity contribution in [2.75, 3.05) is 26.3 Å². The highest BCUT2D eigenvalue weighted by Gasteiger charge is 2.39. The number of nitrogens with two attached hydrogens (primary N) is 3. The Hall–Kier alpha value is -7.91. The molecular weight excluding hydrogens is 1080 g/mol. The number of nitrogens with zero attached hydrogens (tertiary/aromatic N) is 2. The zero-order valence-corrected chi connectivity index (χ0v) is 48.4. The molecule has 83 heavy (non-hydrogen) atoms. The van der Waals surface area contributed by atoms with Crippen LogP contribution in [0.5, 0.6) is 5.75 Å². The molecule has 0 unspecified atom stereocenters. The number of nitrogens with one attached hydrogen (secondary N) is 8. The van der Waals surface area contributed by atoms with Crippen LogP contribution in [0.15, 0.2) is 59.6 Å². The van der Waals surface area contributed by atoms with Gasteiger partial charge in [-0.05, 0) is 99.3 Å². The first kappa shape index (κ1) is 69.4. The highest BCUT2D eigenvalue weighted by molar-refractivity contribution is 5.98. The van der Waals surface area contributed by atoms with E-state index in [0.29, 0.717) is 24.0 Å². The molecule has 1 fully saturated rings. The molecule has 0 spiro atoms. The maximum Gasteiger partial charge on any atom is 0.326 e. The minimum Gasteiger partial charge on any atom is -0.508 e. The minimum absolute atomic E-state index is 0.00300. The van der Waals surface area contributed by atoms with Gasteiger partial charge < -0.3 is 85.1 Å². The van der Waals surface area contributed by atoms with Crippen LogP contribution in [-0.2, 0) is 60.8 Å². The molecule has 10 atom stereocenters. The third-order valence-electron chi connectivity index (χ3n) is 13.4. The number of phenolic OH excluding ortho intramolecular Hbond substituents is 1. The Labute approximate surface area is 483 Å². The summed E-state index contributed by atoms with van der Waals surface area (Å²) in [6, 6.07) is 1.47. The lowest BCUT2D eigenvalue weighted by Crippen LogP contribution is -2.61. The summed E-state index contributed by atoms with van der Waals surface area (Å²) in [7, 11) is 0. The van der Waals surface area contributed by atoms with E-state index >= 15 is 0 Å². The van der Waals surface area contributed by atoms with Crippen molar-refractivity contribution in [3.8, 4) is 5.75 Å². The fourth-order valence-corrected chi connectivity index (χ4v) is 9.11. The van der Waals surface area contributed by atoms with E-state index < -0.39 is 133 Å². The van der Waals surface area contributed by atoms with Gasteiger partial charge in [0.25, 0.3) is 0 Å². The number of likely N-dealkylation sites (tertiary alicyclic amines) is 1. The van der Waals surface area contributed by atoms with Crippen LogP contribution in [0.3, 0.4) is 0 Å². The average molecular weight is 1170 g/mol. The van der Waals surface area contributed by atoms with Crippen molar-refractivity contribution < 1.29 is 68.4 Å². The SMILES string of the molecule is CC(C)C[C@H](NC(=O)[C@H](CO)NC(=O)[C@H](CCCN=C(N)N)NC(=O)[C@H](CC(C)C)NC(=O)[C@H](CO)NC(=O)[C@H](C)NC(=O)[C@H](CC(C)C)NC(=O)[C@@H]1CCCN1C(=O)[C@@H](N)Cc1ccc(O)cc1)C(=O)N[C@@H](Cc1ccccc1)C(=O)O. The van der Waals surface area contributed by atoms with E-state index in [1.807, 2.05) is 13.8 Å². The Morgan fingerprint density at radius 1 is 0.566 bits per heavy atom. The highest BCUT2D eigenvalue weighted by atomic mass is 16.4. The number of carbonyl (C=O) groups is 10. The molecule has 1 aliphatic heterocycles. The van der Waals surface area contributed by atoms with Gasteiger partial charge in [-0.15, -0.1) is 0 Å². The van der Waals surface area contributed by atoms with Crippen LogP contribution in [-0.4, -0.2) is 177 Å². The van der Waals surface area contributed by atoms with Crippen molar-refractivity contribution in [2.45, 2.75) is 167 Å². The lowest BCUT2D eigenvalue weighted by Gasteiger charge is -2.29. The Kier molecular flexibility index (Phi) is 28.8. The lowest BCUT2D eigenvalue weighted by atomic mass is 10.0. The van der Waals surface area contributed by atoms with Gasteiger partial charge in [0.15, 0.2) is 5.96 Å². The number of benzene rings is 2. The first-order chi connectivity index (χ1) is 39.1. The van der Waals surface area contributed by atoms with Gasteiger partial charge in [-0.25, -0.2) is 4.79 Å². The number of hydrogen-bond acceptors (Lipinski definition) is 15. The van der Waals surface area contributed by atoms with Crippen molar-refractivity contribution in [2.24, 2.45) is 39.9 Å². The standard InChI is InChI=1S/C56H87N13O14/c1-30(2)23-39(65-53(80)45-16-12-22-69(45)54(81)37(57)26-35-17-19-36(72)20-18-35)48(75)61-33(7)46(73)67-43(28-70)51(78)63-40(24-31(3)4)49(76)62-38(15-11-21-60-56(58)59)47(74)68-44(29-71)52(79)64-41(25-32(5)6)50(77)66-42(55(82)83)27-34-13-9-8-10-14-34/h8-10,13-14,17-20,30-33,37-45,70-72H,11-12,15-16,21-29,57H2,1-7H3,(H,61,75)(H,62,76)(H,63,78)(H,64,79)(H,65,80)(H,66,77)(H,67,73)(H,68,74)(H,82,83)(H4,58,59,60)/t33-,37-,38-,39-,40-,41-,42-,43-,44-,45-/m0/s1. The first-order valence-electron chi connectivity index (χ1n) is 27.9. The number of carbonyl (C=O) groups excluding carboxylic acids is 9. The number of carboxylic acid groups (broad SMARTS) is 1. The Morgan fingerprint density at radius 3 is 1.49 bits per heavy atom. The van der Waals surface area contributed by atoms with Crippen LogP contribution in [0.2, 0.25) is 0 Å². The molecule has 460 valence electrons. The normalized spacial score (nSPS) is 16.3. The summed E-state index contributed by atoms with van der Waals surface area (Å²) < 4.78 is 0. The quantitative estimate of drug-likeness (QED) is 0.0198. The molecule has 2 aromatic rings. The summed E-state index contributed by atoms with van der Waals surface area (Å²) in [5.74, 6) is -9.59. The summed E-state index contributed by atoms with van der Waals surface area (Å²) in [4.78, 5) is 141. The first-order valence-corrected chi connectivity index (χ1v) is 27.9. The zero-order chi connectivity index (χ0) is 62.1. The number of guanidine groups is 1. The second-order valence-corrected chi connectivity index (χ2v) is 22.1. The second kappa shape index (κ2) is 34.5. The highest BCUT2D eigenvalue weighted by Crippen LogP contribution is 2.21. The molecule has 1 aliphatic rings. The average Bonchev–Trinajstić information content (AvgIpc) is 4.11. The number of rotatable bonds is 34. The fourth-order valence-electron chi connectivity index (χ4n) is 9.11. The monoisotopic (exact) mass is 1170 g/mol. The van der Waals surface area contributed by atoms with Crippen LogP contribution in [0.25, 0.3) is 0 Å². The van der Waals surface area contributed by atoms with Gasteiger partial charge in [0, 0.05) is 19.5 Å². The van der Waals surface area contributed by atoms with Crippen LogP contribution in [0.4, 0.5) is 0 Å². The molecule has 0 aromatic heterocycles. The van der Waals surface area contributed by atoms with Gasteiger partial charge in [0.2, 0.25) is 53.2 Å². The largest absolute Gasteiger partial charge is 0.508 e. The van der Waals surface area contributed by atoms with Crippen molar-refractivity contribution in [3.63, 3.8) is 0 Å². The van der Waals surface area contributed by atoms with Crippen LogP contribution in [0.1, 0.15) is 105 Å². The molecule has 27 heteroatoms. The summed E-state index contributed by atoms with van der Waals surface area (Å²) in [5, 5.41) is 60.3. The van der Waals surface area contributed by atoms with E-state index in [2.05, 4.69) is 47.5 Å². The molecule has 27 nitrogen and oxygen atoms in total. The third kappa shape index (κ3) is 23.8. The number of carboxylic acids is 1. The van der Waals surface area contributed by atoms with Gasteiger partial charge >= 0.3 is 5.97 Å². The summed E-state index contributed by atoms with van der Waals surface area (Å²) in [6.07, 6.45) is 0.999. The molecule has 0 bridgehead atoms. The Morgan fingerprint density at radius 2 is 1.00 bits per heavy atom. The number of aliphatic hydroxyl groups excluding tert-OH is 2. The molecular formula is C56H87N13O14. The van der Waals surface area contributed by atoms with Gasteiger partial charge in [0.05, 0.1) is 19.3 Å². The third-order valence-corrected chi connectivity index (χ3v) is 13.4. The van der Waals surface area contributed by atoms with Crippen molar-refractivity contribution in [1.82, 2.24) is 47.4 Å². The Balaban J connectivity index is 1.72. The van der Waals surface area contributed by atoms with E-state index in [1.165, 1.54) is 24.0 Å². The van der Waals surface area contributed by atoms with Gasteiger partial charge in [-0.3, -0.25) is 48.1 Å². The molecule has 9 amide bonds. The molecule has 18 N–H and O–H groups in total. The number of aliphatic carboxylic acids is 1. The van der Waals surface area contributed by atoms with Crippen molar-refractivity contribution in [3.05, 3.63) is 65.7 Å². The van der Waals surface area contributed by atoms with E-state index in [9.17, 15) is 68.4 Å². The van der Waals surface area contributed by atoms with Crippen molar-refractivity contribution >= 4 is 65.1 Å². The molecule has 1 saturated heterocycles. The predicted octanol–water partition coefficient (Wildman–Crippen LogP) is -2.34. The molecule has 1 heterocycles. The molecule has 2 aromatic carbocycles. The van der Waals surface area contributed by atoms with Crippen LogP contribution in [0, 0.1) is 17.8 Å². The maximum atomic E-state index is 14.1. The molecule has 0 saturated carbocycles. The topological polar surface area (TPSA) is 442 Å². The molecule has 0 aliphatic carbocycles. The predicted molar refractivity (Wildman–Crippen MR) is 306 cm³/mol. The molecule has 0 radical (unpaired) electrons. The smallest absolute Gasteiger partial charge is 0.326 e. The Bertz CT molecular complexity index is 2530. The second-order valence-electron chi connectivity index (χ2n) is 22.1. The van der Waals surface area contributed by atoms with Crippen LogP contribution < -0.4 is 59.7 Å². The number of hydrogen-bond donors (Lipinski definition) is 15. The van der Waals surface area contributed by atoms with Crippen LogP contribution >= 0.6 is 0 Å². The number of amides is 9. The molecule has 3 rings (SSSR count). The number of aromatic hydroxyl groups is 1. The summed E-state index contributed by atoms with van der Waals surface area (Å²) in [6.45, 7) is 10.2. The van der Waals surface area contributed by atoms with E-state index in [4.69, 9.17) is 17.2 Å².